The highest BCUT2D eigenvalue weighted by Gasteiger charge is 2.15. The summed E-state index contributed by atoms with van der Waals surface area (Å²) in [5.41, 5.74) is 4.69. The van der Waals surface area contributed by atoms with Gasteiger partial charge in [-0.3, -0.25) is 0 Å². The number of aromatic amines is 1. The lowest BCUT2D eigenvalue weighted by molar-refractivity contribution is 0.671. The van der Waals surface area contributed by atoms with E-state index >= 15 is 0 Å². The van der Waals surface area contributed by atoms with Crippen LogP contribution in [0.3, 0.4) is 0 Å². The largest absolute Gasteiger partial charge is 0.346 e. The van der Waals surface area contributed by atoms with Crippen LogP contribution in [0.2, 0.25) is 0 Å². The molecule has 0 spiro atoms. The van der Waals surface area contributed by atoms with Crippen molar-refractivity contribution in [3.8, 4) is 5.69 Å². The van der Waals surface area contributed by atoms with Gasteiger partial charge in [0.25, 0.3) is 0 Å². The lowest BCUT2D eigenvalue weighted by atomic mass is 9.99. The van der Waals surface area contributed by atoms with Crippen molar-refractivity contribution < 1.29 is 0 Å². The molecule has 1 aliphatic carbocycles. The molecule has 3 heterocycles. The molecule has 0 atom stereocenters. The highest BCUT2D eigenvalue weighted by Crippen LogP contribution is 2.24. The molecule has 0 unspecified atom stereocenters. The number of hydrogen-bond acceptors (Lipinski definition) is 2. The van der Waals surface area contributed by atoms with Crippen molar-refractivity contribution in [2.45, 2.75) is 25.7 Å². The molecule has 0 aliphatic heterocycles. The zero-order chi connectivity index (χ0) is 11.9. The summed E-state index contributed by atoms with van der Waals surface area (Å²) in [6.07, 6.45) is 10.8. The second-order valence-electron chi connectivity index (χ2n) is 4.82. The van der Waals surface area contributed by atoms with E-state index in [2.05, 4.69) is 22.2 Å². The Balaban J connectivity index is 1.91. The van der Waals surface area contributed by atoms with Crippen molar-refractivity contribution in [1.82, 2.24) is 19.7 Å². The van der Waals surface area contributed by atoms with Crippen LogP contribution in [0.25, 0.3) is 16.7 Å². The van der Waals surface area contributed by atoms with Gasteiger partial charge in [-0.2, -0.15) is 5.10 Å². The van der Waals surface area contributed by atoms with Crippen molar-refractivity contribution in [3.63, 3.8) is 0 Å². The normalized spacial score (nSPS) is 14.9. The number of rotatable bonds is 1. The Morgan fingerprint density at radius 1 is 1.17 bits per heavy atom. The second-order valence-corrected chi connectivity index (χ2v) is 4.82. The molecule has 0 radical (unpaired) electrons. The van der Waals surface area contributed by atoms with Gasteiger partial charge in [-0.25, -0.2) is 9.67 Å². The third-order valence-corrected chi connectivity index (χ3v) is 3.67. The SMILES string of the molecule is c1cc(-n2cc3c(n2)CCCC3)c2cc[nH]c2n1. The molecular weight excluding hydrogens is 224 g/mol. The van der Waals surface area contributed by atoms with E-state index in [1.807, 2.05) is 23.1 Å². The molecule has 1 aliphatic rings. The lowest BCUT2D eigenvalue weighted by Gasteiger charge is -2.06. The number of aryl methyl sites for hydroxylation is 2. The minimum Gasteiger partial charge on any atom is -0.346 e. The molecule has 1 N–H and O–H groups in total. The number of aromatic nitrogens is 4. The molecule has 0 aromatic carbocycles. The number of hydrogen-bond donors (Lipinski definition) is 1. The van der Waals surface area contributed by atoms with Gasteiger partial charge < -0.3 is 4.98 Å². The first-order chi connectivity index (χ1) is 8.92. The Labute approximate surface area is 105 Å². The van der Waals surface area contributed by atoms with Gasteiger partial charge in [-0.05, 0) is 43.4 Å². The summed E-state index contributed by atoms with van der Waals surface area (Å²) in [6, 6.07) is 4.08. The summed E-state index contributed by atoms with van der Waals surface area (Å²) in [6.45, 7) is 0. The molecule has 0 fully saturated rings. The van der Waals surface area contributed by atoms with Crippen LogP contribution in [0.1, 0.15) is 24.1 Å². The van der Waals surface area contributed by atoms with Gasteiger partial charge in [-0.15, -0.1) is 0 Å². The molecule has 4 heteroatoms. The molecular formula is C14H14N4. The van der Waals surface area contributed by atoms with Gasteiger partial charge in [0.2, 0.25) is 0 Å². The summed E-state index contributed by atoms with van der Waals surface area (Å²) in [5, 5.41) is 5.85. The molecule has 3 aromatic rings. The van der Waals surface area contributed by atoms with Gasteiger partial charge in [0.1, 0.15) is 5.65 Å². The summed E-state index contributed by atoms with van der Waals surface area (Å²) in [5.74, 6) is 0. The Bertz CT molecular complexity index is 684. The fourth-order valence-electron chi connectivity index (χ4n) is 2.74. The lowest BCUT2D eigenvalue weighted by Crippen LogP contribution is -2.00. The number of pyridine rings is 1. The van der Waals surface area contributed by atoms with E-state index in [9.17, 15) is 0 Å². The first-order valence-corrected chi connectivity index (χ1v) is 6.42. The minimum absolute atomic E-state index is 0.918. The first-order valence-electron chi connectivity index (χ1n) is 6.42. The molecule has 4 rings (SSSR count). The minimum atomic E-state index is 0.918. The van der Waals surface area contributed by atoms with Crippen LogP contribution in [-0.4, -0.2) is 19.7 Å². The van der Waals surface area contributed by atoms with Crippen molar-refractivity contribution in [2.75, 3.05) is 0 Å². The van der Waals surface area contributed by atoms with Crippen LogP contribution < -0.4 is 0 Å². The van der Waals surface area contributed by atoms with Crippen LogP contribution in [-0.2, 0) is 12.8 Å². The van der Waals surface area contributed by atoms with E-state index in [1.165, 1.54) is 24.1 Å². The second kappa shape index (κ2) is 3.70. The third kappa shape index (κ3) is 1.38. The summed E-state index contributed by atoms with van der Waals surface area (Å²) >= 11 is 0. The van der Waals surface area contributed by atoms with Crippen molar-refractivity contribution in [2.24, 2.45) is 0 Å². The van der Waals surface area contributed by atoms with Gasteiger partial charge >= 0.3 is 0 Å². The summed E-state index contributed by atoms with van der Waals surface area (Å²) in [4.78, 5) is 7.45. The fraction of sp³-hybridized carbons (Fsp3) is 0.286. The summed E-state index contributed by atoms with van der Waals surface area (Å²) < 4.78 is 2.01. The maximum atomic E-state index is 4.73. The smallest absolute Gasteiger partial charge is 0.139 e. The standard InChI is InChI=1S/C14H14N4/c1-2-4-12-10(3-1)9-18(17-12)13-6-8-16-14-11(13)5-7-15-14/h5-9H,1-4H2,(H,15,16). The molecule has 0 amide bonds. The Hall–Kier alpha value is -2.10. The van der Waals surface area contributed by atoms with E-state index in [4.69, 9.17) is 5.10 Å². The average molecular weight is 238 g/mol. The monoisotopic (exact) mass is 238 g/mol. The van der Waals surface area contributed by atoms with Gasteiger partial charge in [0.15, 0.2) is 0 Å². The fourth-order valence-corrected chi connectivity index (χ4v) is 2.74. The number of nitrogens with one attached hydrogen (secondary N) is 1. The first kappa shape index (κ1) is 9.88. The number of H-pyrrole nitrogens is 1. The zero-order valence-electron chi connectivity index (χ0n) is 10.1. The van der Waals surface area contributed by atoms with Crippen molar-refractivity contribution >= 4 is 11.0 Å². The van der Waals surface area contributed by atoms with Crippen LogP contribution in [0.15, 0.2) is 30.7 Å². The quantitative estimate of drug-likeness (QED) is 0.708. The van der Waals surface area contributed by atoms with Gasteiger partial charge in [0, 0.05) is 24.0 Å². The number of fused-ring (bicyclic) bond motifs is 2. The van der Waals surface area contributed by atoms with Crippen LogP contribution >= 0.6 is 0 Å². The maximum Gasteiger partial charge on any atom is 0.139 e. The van der Waals surface area contributed by atoms with Gasteiger partial charge in [0.05, 0.1) is 11.4 Å². The number of nitrogens with zero attached hydrogens (tertiary/aromatic N) is 3. The Morgan fingerprint density at radius 3 is 3.06 bits per heavy atom. The highest BCUT2D eigenvalue weighted by atomic mass is 15.3. The molecule has 3 aromatic heterocycles. The van der Waals surface area contributed by atoms with E-state index in [0.717, 1.165) is 29.6 Å². The average Bonchev–Trinajstić information content (AvgIpc) is 3.04. The highest BCUT2D eigenvalue weighted by molar-refractivity contribution is 5.84. The molecule has 0 saturated heterocycles. The van der Waals surface area contributed by atoms with Crippen LogP contribution in [0.5, 0.6) is 0 Å². The maximum absolute atomic E-state index is 4.73. The predicted molar refractivity (Wildman–Crippen MR) is 69.9 cm³/mol. The molecule has 4 nitrogen and oxygen atoms in total. The van der Waals surface area contributed by atoms with E-state index in [-0.39, 0.29) is 0 Å². The molecule has 18 heavy (non-hydrogen) atoms. The van der Waals surface area contributed by atoms with E-state index < -0.39 is 0 Å². The molecule has 0 bridgehead atoms. The van der Waals surface area contributed by atoms with Crippen LogP contribution in [0, 0.1) is 0 Å². The van der Waals surface area contributed by atoms with E-state index in [0.29, 0.717) is 0 Å². The molecule has 90 valence electrons. The van der Waals surface area contributed by atoms with Crippen LogP contribution in [0.4, 0.5) is 0 Å². The van der Waals surface area contributed by atoms with Gasteiger partial charge in [-0.1, -0.05) is 0 Å². The van der Waals surface area contributed by atoms with Crippen molar-refractivity contribution in [3.05, 3.63) is 42.0 Å². The van der Waals surface area contributed by atoms with E-state index in [1.54, 1.807) is 0 Å². The summed E-state index contributed by atoms with van der Waals surface area (Å²) in [7, 11) is 0. The molecule has 0 saturated carbocycles. The zero-order valence-corrected chi connectivity index (χ0v) is 10.1. The topological polar surface area (TPSA) is 46.5 Å². The third-order valence-electron chi connectivity index (χ3n) is 3.67. The van der Waals surface area contributed by atoms with Crippen molar-refractivity contribution in [1.29, 1.82) is 0 Å². The predicted octanol–water partition coefficient (Wildman–Crippen LogP) is 2.63. The Kier molecular flexibility index (Phi) is 2.03. The Morgan fingerprint density at radius 2 is 2.11 bits per heavy atom.